The first-order chi connectivity index (χ1) is 14.6. The van der Waals surface area contributed by atoms with Crippen LogP contribution in [-0.4, -0.2) is 37.3 Å². The van der Waals surface area contributed by atoms with Crippen molar-refractivity contribution in [1.82, 2.24) is 5.32 Å². The fourth-order valence-electron chi connectivity index (χ4n) is 4.27. The zero-order chi connectivity index (χ0) is 21.0. The van der Waals surface area contributed by atoms with Crippen LogP contribution in [0.3, 0.4) is 0 Å². The van der Waals surface area contributed by atoms with E-state index < -0.39 is 5.91 Å². The number of fused-ring (bicyclic) bond motifs is 1. The zero-order valence-corrected chi connectivity index (χ0v) is 17.6. The van der Waals surface area contributed by atoms with E-state index in [-0.39, 0.29) is 17.1 Å². The van der Waals surface area contributed by atoms with Crippen LogP contribution in [0.1, 0.15) is 41.6 Å². The minimum absolute atomic E-state index is 0.110. The first-order valence-corrected chi connectivity index (χ1v) is 11.2. The first kappa shape index (κ1) is 20.6. The van der Waals surface area contributed by atoms with Crippen molar-refractivity contribution in [2.75, 3.05) is 25.5 Å². The molecule has 7 heteroatoms. The van der Waals surface area contributed by atoms with Gasteiger partial charge in [0.1, 0.15) is 13.2 Å². The van der Waals surface area contributed by atoms with E-state index in [1.54, 1.807) is 6.07 Å². The largest absolute Gasteiger partial charge is 0.486 e. The topological polar surface area (TPSA) is 90.7 Å². The number of thioether (sulfide) groups is 1. The van der Waals surface area contributed by atoms with E-state index >= 15 is 0 Å². The van der Waals surface area contributed by atoms with Crippen LogP contribution in [0.5, 0.6) is 11.5 Å². The molecule has 158 valence electrons. The molecule has 0 aromatic heterocycles. The summed E-state index contributed by atoms with van der Waals surface area (Å²) < 4.78 is 11.4. The molecule has 0 spiro atoms. The van der Waals surface area contributed by atoms with Crippen LogP contribution in [0.15, 0.2) is 47.4 Å². The van der Waals surface area contributed by atoms with Gasteiger partial charge in [0, 0.05) is 16.9 Å². The Morgan fingerprint density at radius 3 is 2.53 bits per heavy atom. The van der Waals surface area contributed by atoms with Gasteiger partial charge in [-0.1, -0.05) is 31.0 Å². The summed E-state index contributed by atoms with van der Waals surface area (Å²) in [4.78, 5) is 24.9. The van der Waals surface area contributed by atoms with Crippen LogP contribution < -0.4 is 20.5 Å². The van der Waals surface area contributed by atoms with Gasteiger partial charge in [-0.25, -0.2) is 0 Å². The molecule has 3 N–H and O–H groups in total. The summed E-state index contributed by atoms with van der Waals surface area (Å²) in [5.41, 5.74) is 6.90. The standard InChI is InChI=1S/C23H26N2O4S/c24-21(26)14-30-20-6-2-1-5-17(20)22(27)25-15-23(9-3-4-10-23)16-7-8-18-19(13-16)29-12-11-28-18/h1-2,5-8,13H,3-4,9-12,14-15H2,(H2,24,26)(H,25,27). The summed E-state index contributed by atoms with van der Waals surface area (Å²) in [5, 5.41) is 3.15. The number of nitrogens with one attached hydrogen (secondary N) is 1. The molecule has 1 aliphatic heterocycles. The first-order valence-electron chi connectivity index (χ1n) is 10.3. The van der Waals surface area contributed by atoms with Crippen LogP contribution >= 0.6 is 11.8 Å². The monoisotopic (exact) mass is 426 g/mol. The number of carbonyl (C=O) groups is 2. The third-order valence-electron chi connectivity index (χ3n) is 5.80. The zero-order valence-electron chi connectivity index (χ0n) is 16.8. The number of amides is 2. The van der Waals surface area contributed by atoms with Gasteiger partial charge in [-0.15, -0.1) is 11.8 Å². The Morgan fingerprint density at radius 1 is 1.03 bits per heavy atom. The average molecular weight is 427 g/mol. The van der Waals surface area contributed by atoms with E-state index in [0.717, 1.165) is 42.1 Å². The third kappa shape index (κ3) is 4.41. The van der Waals surface area contributed by atoms with Crippen molar-refractivity contribution < 1.29 is 19.1 Å². The van der Waals surface area contributed by atoms with Crippen molar-refractivity contribution in [3.63, 3.8) is 0 Å². The van der Waals surface area contributed by atoms with Crippen LogP contribution in [0.25, 0.3) is 0 Å². The molecule has 2 aromatic rings. The maximum Gasteiger partial charge on any atom is 0.252 e. The van der Waals surface area contributed by atoms with Gasteiger partial charge >= 0.3 is 0 Å². The van der Waals surface area contributed by atoms with Gasteiger partial charge in [0.05, 0.1) is 11.3 Å². The van der Waals surface area contributed by atoms with Gasteiger partial charge in [-0.2, -0.15) is 0 Å². The summed E-state index contributed by atoms with van der Waals surface area (Å²) in [7, 11) is 0. The van der Waals surface area contributed by atoms with Crippen molar-refractivity contribution in [2.45, 2.75) is 36.0 Å². The summed E-state index contributed by atoms with van der Waals surface area (Å²) in [6.45, 7) is 1.68. The number of nitrogens with two attached hydrogens (primary N) is 1. The molecule has 0 saturated heterocycles. The summed E-state index contributed by atoms with van der Waals surface area (Å²) in [6.07, 6.45) is 4.31. The van der Waals surface area contributed by atoms with E-state index in [1.807, 2.05) is 24.3 Å². The number of rotatable bonds is 7. The number of carbonyl (C=O) groups excluding carboxylic acids is 2. The molecule has 2 aliphatic rings. The van der Waals surface area contributed by atoms with E-state index in [0.29, 0.717) is 25.3 Å². The number of ether oxygens (including phenoxy) is 2. The number of hydrogen-bond acceptors (Lipinski definition) is 5. The van der Waals surface area contributed by atoms with Crippen LogP contribution in [0.2, 0.25) is 0 Å². The Hall–Kier alpha value is -2.67. The molecule has 1 aliphatic carbocycles. The highest BCUT2D eigenvalue weighted by atomic mass is 32.2. The van der Waals surface area contributed by atoms with Gasteiger partial charge in [-0.3, -0.25) is 9.59 Å². The third-order valence-corrected chi connectivity index (χ3v) is 6.90. The molecular formula is C23H26N2O4S. The smallest absolute Gasteiger partial charge is 0.252 e. The normalized spacial score (nSPS) is 16.8. The lowest BCUT2D eigenvalue weighted by molar-refractivity contribution is -0.115. The predicted molar refractivity (Wildman–Crippen MR) is 116 cm³/mol. The SMILES string of the molecule is NC(=O)CSc1ccccc1C(=O)NCC1(c2ccc3c(c2)OCCO3)CCCC1. The maximum absolute atomic E-state index is 13.0. The van der Waals surface area contributed by atoms with Gasteiger partial charge in [0.15, 0.2) is 11.5 Å². The summed E-state index contributed by atoms with van der Waals surface area (Å²) in [5.74, 6) is 1.17. The van der Waals surface area contributed by atoms with Gasteiger partial charge in [0.2, 0.25) is 5.91 Å². The van der Waals surface area contributed by atoms with Crippen molar-refractivity contribution in [1.29, 1.82) is 0 Å². The van der Waals surface area contributed by atoms with Gasteiger partial charge < -0.3 is 20.5 Å². The van der Waals surface area contributed by atoms with Crippen molar-refractivity contribution in [3.8, 4) is 11.5 Å². The van der Waals surface area contributed by atoms with Gasteiger partial charge in [-0.05, 0) is 42.7 Å². The van der Waals surface area contributed by atoms with E-state index in [9.17, 15) is 9.59 Å². The molecule has 6 nitrogen and oxygen atoms in total. The molecule has 0 radical (unpaired) electrons. The Kier molecular flexibility index (Phi) is 6.18. The van der Waals surface area contributed by atoms with Crippen molar-refractivity contribution in [3.05, 3.63) is 53.6 Å². The second kappa shape index (κ2) is 9.00. The highest BCUT2D eigenvalue weighted by Crippen LogP contribution is 2.44. The van der Waals surface area contributed by atoms with Crippen molar-refractivity contribution >= 4 is 23.6 Å². The fraction of sp³-hybridized carbons (Fsp3) is 0.391. The quantitative estimate of drug-likeness (QED) is 0.663. The fourth-order valence-corrected chi connectivity index (χ4v) is 5.05. The molecule has 0 unspecified atom stereocenters. The lowest BCUT2D eigenvalue weighted by Gasteiger charge is -2.31. The minimum atomic E-state index is -0.404. The second-order valence-electron chi connectivity index (χ2n) is 7.78. The van der Waals surface area contributed by atoms with Crippen LogP contribution in [0.4, 0.5) is 0 Å². The molecule has 2 aromatic carbocycles. The molecule has 2 amide bonds. The average Bonchev–Trinajstić information content (AvgIpc) is 3.26. The Morgan fingerprint density at radius 2 is 1.77 bits per heavy atom. The van der Waals surface area contributed by atoms with Crippen molar-refractivity contribution in [2.24, 2.45) is 5.73 Å². The second-order valence-corrected chi connectivity index (χ2v) is 8.80. The Labute approximate surface area is 180 Å². The molecule has 4 rings (SSSR count). The summed E-state index contributed by atoms with van der Waals surface area (Å²) >= 11 is 1.29. The lowest BCUT2D eigenvalue weighted by Crippen LogP contribution is -2.39. The van der Waals surface area contributed by atoms with Crippen LogP contribution in [0, 0.1) is 0 Å². The highest BCUT2D eigenvalue weighted by molar-refractivity contribution is 8.00. The Bertz CT molecular complexity index is 941. The molecule has 0 bridgehead atoms. The highest BCUT2D eigenvalue weighted by Gasteiger charge is 2.37. The molecule has 1 saturated carbocycles. The predicted octanol–water partition coefficient (Wildman–Crippen LogP) is 3.28. The van der Waals surface area contributed by atoms with E-state index in [1.165, 1.54) is 17.3 Å². The number of benzene rings is 2. The summed E-state index contributed by atoms with van der Waals surface area (Å²) in [6, 6.07) is 13.5. The lowest BCUT2D eigenvalue weighted by atomic mass is 9.78. The van der Waals surface area contributed by atoms with E-state index in [2.05, 4.69) is 17.4 Å². The molecule has 1 heterocycles. The molecule has 30 heavy (non-hydrogen) atoms. The Balaban J connectivity index is 1.51. The minimum Gasteiger partial charge on any atom is -0.486 e. The van der Waals surface area contributed by atoms with Gasteiger partial charge in [0.25, 0.3) is 5.91 Å². The van der Waals surface area contributed by atoms with Crippen LogP contribution in [-0.2, 0) is 10.2 Å². The molecule has 0 atom stereocenters. The van der Waals surface area contributed by atoms with E-state index in [4.69, 9.17) is 15.2 Å². The number of primary amides is 1. The molecular weight excluding hydrogens is 400 g/mol. The maximum atomic E-state index is 13.0. The molecule has 1 fully saturated rings. The number of hydrogen-bond donors (Lipinski definition) is 2.